The van der Waals surface area contributed by atoms with Crippen molar-refractivity contribution in [1.82, 2.24) is 4.98 Å². The number of rotatable bonds is 6. The third-order valence-electron chi connectivity index (χ3n) is 4.99. The standard InChI is InChI=1S/C23H18F4N4O/c24-14-4-6-17-18(22(32)31-21(17)11-14)13-30-16-5-7-20(19(12-16)23(25,26)27)29-10-8-15-3-1-2-9-28-15/h1-7,9,11-13,18,29H,8,10H2,(H,31,32). The second-order valence-corrected chi connectivity index (χ2v) is 7.20. The Bertz CT molecular complexity index is 1160. The molecule has 0 saturated carbocycles. The van der Waals surface area contributed by atoms with Crippen LogP contribution in [0.4, 0.5) is 34.6 Å². The van der Waals surface area contributed by atoms with E-state index in [2.05, 4.69) is 20.6 Å². The number of nitrogens with zero attached hydrogens (tertiary/aromatic N) is 2. The first-order valence-electron chi connectivity index (χ1n) is 9.81. The summed E-state index contributed by atoms with van der Waals surface area (Å²) >= 11 is 0. The Kier molecular flexibility index (Phi) is 5.89. The Labute approximate surface area is 181 Å². The fourth-order valence-corrected chi connectivity index (χ4v) is 3.44. The number of hydrogen-bond donors (Lipinski definition) is 2. The van der Waals surface area contributed by atoms with Crippen LogP contribution >= 0.6 is 0 Å². The van der Waals surface area contributed by atoms with Crippen LogP contribution in [0.25, 0.3) is 0 Å². The minimum Gasteiger partial charge on any atom is -0.384 e. The lowest BCUT2D eigenvalue weighted by Crippen LogP contribution is -2.13. The molecule has 2 N–H and O–H groups in total. The minimum atomic E-state index is -4.59. The number of fused-ring (bicyclic) bond motifs is 1. The lowest BCUT2D eigenvalue weighted by molar-refractivity contribution is -0.137. The van der Waals surface area contributed by atoms with Crippen molar-refractivity contribution in [3.63, 3.8) is 0 Å². The SMILES string of the molecule is O=C1Nc2cc(F)ccc2C1C=Nc1ccc(NCCc2ccccn2)c(C(F)(F)F)c1. The van der Waals surface area contributed by atoms with Crippen LogP contribution in [0.5, 0.6) is 0 Å². The van der Waals surface area contributed by atoms with Gasteiger partial charge in [-0.15, -0.1) is 0 Å². The zero-order valence-corrected chi connectivity index (χ0v) is 16.7. The van der Waals surface area contributed by atoms with Gasteiger partial charge in [-0.25, -0.2) is 4.39 Å². The number of aliphatic imine (C=N–C) groups is 1. The van der Waals surface area contributed by atoms with Gasteiger partial charge in [0.15, 0.2) is 0 Å². The maximum Gasteiger partial charge on any atom is 0.418 e. The molecule has 1 amide bonds. The Hall–Kier alpha value is -3.75. The summed E-state index contributed by atoms with van der Waals surface area (Å²) in [6, 6.07) is 12.9. The van der Waals surface area contributed by atoms with Gasteiger partial charge in [-0.1, -0.05) is 12.1 Å². The number of aromatic nitrogens is 1. The number of hydrogen-bond acceptors (Lipinski definition) is 4. The number of pyridine rings is 1. The smallest absolute Gasteiger partial charge is 0.384 e. The predicted octanol–water partition coefficient (Wildman–Crippen LogP) is 5.33. The van der Waals surface area contributed by atoms with Crippen molar-refractivity contribution in [2.75, 3.05) is 17.2 Å². The Morgan fingerprint density at radius 2 is 1.97 bits per heavy atom. The number of alkyl halides is 3. The molecule has 32 heavy (non-hydrogen) atoms. The van der Waals surface area contributed by atoms with Crippen molar-refractivity contribution in [2.24, 2.45) is 4.99 Å². The van der Waals surface area contributed by atoms with Crippen molar-refractivity contribution in [2.45, 2.75) is 18.5 Å². The van der Waals surface area contributed by atoms with Gasteiger partial charge in [0.25, 0.3) is 0 Å². The molecule has 1 aliphatic rings. The summed E-state index contributed by atoms with van der Waals surface area (Å²) in [5.41, 5.74) is 0.748. The molecular formula is C23H18F4N4O. The molecule has 0 saturated heterocycles. The zero-order chi connectivity index (χ0) is 22.7. The maximum absolute atomic E-state index is 13.6. The molecule has 0 aliphatic carbocycles. The topological polar surface area (TPSA) is 66.4 Å². The average Bonchev–Trinajstić information content (AvgIpc) is 3.06. The molecule has 3 aromatic rings. The van der Waals surface area contributed by atoms with Crippen LogP contribution in [0.1, 0.15) is 22.7 Å². The van der Waals surface area contributed by atoms with Gasteiger partial charge >= 0.3 is 6.18 Å². The summed E-state index contributed by atoms with van der Waals surface area (Å²) in [7, 11) is 0. The third-order valence-corrected chi connectivity index (χ3v) is 4.99. The molecule has 1 unspecified atom stereocenters. The summed E-state index contributed by atoms with van der Waals surface area (Å²) in [4.78, 5) is 20.4. The van der Waals surface area contributed by atoms with E-state index in [1.165, 1.54) is 36.5 Å². The zero-order valence-electron chi connectivity index (χ0n) is 16.7. The number of carbonyl (C=O) groups excluding carboxylic acids is 1. The van der Waals surface area contributed by atoms with Crippen LogP contribution in [0.3, 0.4) is 0 Å². The number of benzene rings is 2. The lowest BCUT2D eigenvalue weighted by atomic mass is 10.0. The van der Waals surface area contributed by atoms with E-state index >= 15 is 0 Å². The van der Waals surface area contributed by atoms with Gasteiger partial charge in [-0.2, -0.15) is 13.2 Å². The quantitative estimate of drug-likeness (QED) is 0.401. The fraction of sp³-hybridized carbons (Fsp3) is 0.174. The van der Waals surface area contributed by atoms with Crippen LogP contribution in [0, 0.1) is 5.82 Å². The van der Waals surface area contributed by atoms with Gasteiger partial charge in [0.2, 0.25) is 5.91 Å². The monoisotopic (exact) mass is 442 g/mol. The first kappa shape index (κ1) is 21.5. The summed E-state index contributed by atoms with van der Waals surface area (Å²) in [5, 5.41) is 5.35. The van der Waals surface area contributed by atoms with Crippen molar-refractivity contribution < 1.29 is 22.4 Å². The van der Waals surface area contributed by atoms with Gasteiger partial charge in [0, 0.05) is 42.4 Å². The molecule has 1 aromatic heterocycles. The molecular weight excluding hydrogens is 424 g/mol. The van der Waals surface area contributed by atoms with Gasteiger partial charge < -0.3 is 10.6 Å². The summed E-state index contributed by atoms with van der Waals surface area (Å²) in [5.74, 6) is -1.73. The van der Waals surface area contributed by atoms with E-state index in [1.54, 1.807) is 18.3 Å². The third kappa shape index (κ3) is 4.77. The van der Waals surface area contributed by atoms with Crippen LogP contribution in [0.2, 0.25) is 0 Å². The summed E-state index contributed by atoms with van der Waals surface area (Å²) in [6.07, 6.45) is -1.23. The largest absolute Gasteiger partial charge is 0.418 e. The number of nitrogens with one attached hydrogen (secondary N) is 2. The average molecular weight is 442 g/mol. The molecule has 0 fully saturated rings. The Morgan fingerprint density at radius 1 is 1.12 bits per heavy atom. The molecule has 5 nitrogen and oxygen atoms in total. The van der Waals surface area contributed by atoms with Gasteiger partial charge in [0.05, 0.1) is 11.3 Å². The number of carbonyl (C=O) groups is 1. The predicted molar refractivity (Wildman–Crippen MR) is 114 cm³/mol. The second kappa shape index (κ2) is 8.78. The van der Waals surface area contributed by atoms with E-state index in [4.69, 9.17) is 0 Å². The Morgan fingerprint density at radius 3 is 2.72 bits per heavy atom. The van der Waals surface area contributed by atoms with E-state index in [1.807, 2.05) is 6.07 Å². The number of anilines is 2. The first-order valence-corrected chi connectivity index (χ1v) is 9.81. The van der Waals surface area contributed by atoms with E-state index < -0.39 is 29.4 Å². The molecule has 0 bridgehead atoms. The van der Waals surface area contributed by atoms with Crippen molar-refractivity contribution in [3.8, 4) is 0 Å². The van der Waals surface area contributed by atoms with Crippen LogP contribution in [-0.4, -0.2) is 23.7 Å². The first-order chi connectivity index (χ1) is 15.3. The van der Waals surface area contributed by atoms with Crippen LogP contribution in [-0.2, 0) is 17.4 Å². The van der Waals surface area contributed by atoms with E-state index in [9.17, 15) is 22.4 Å². The van der Waals surface area contributed by atoms with E-state index in [0.29, 0.717) is 17.7 Å². The normalized spacial score (nSPS) is 15.6. The van der Waals surface area contributed by atoms with Gasteiger partial charge in [-0.3, -0.25) is 14.8 Å². The second-order valence-electron chi connectivity index (χ2n) is 7.20. The number of halogens is 4. The molecule has 2 aromatic carbocycles. The van der Waals surface area contributed by atoms with Crippen molar-refractivity contribution >= 4 is 29.2 Å². The minimum absolute atomic E-state index is 0.0518. The molecule has 0 spiro atoms. The van der Waals surface area contributed by atoms with E-state index in [-0.39, 0.29) is 17.9 Å². The number of amides is 1. The molecule has 0 radical (unpaired) electrons. The summed E-state index contributed by atoms with van der Waals surface area (Å²) in [6.45, 7) is 0.276. The molecule has 1 atom stereocenters. The summed E-state index contributed by atoms with van der Waals surface area (Å²) < 4.78 is 54.2. The van der Waals surface area contributed by atoms with Crippen LogP contribution in [0.15, 0.2) is 65.8 Å². The molecule has 164 valence electrons. The molecule has 4 rings (SSSR count). The highest BCUT2D eigenvalue weighted by molar-refractivity contribution is 6.12. The lowest BCUT2D eigenvalue weighted by Gasteiger charge is -2.15. The van der Waals surface area contributed by atoms with E-state index in [0.717, 1.165) is 11.8 Å². The molecule has 9 heteroatoms. The highest BCUT2D eigenvalue weighted by Crippen LogP contribution is 2.38. The maximum atomic E-state index is 13.6. The Balaban J connectivity index is 1.52. The van der Waals surface area contributed by atoms with Crippen LogP contribution < -0.4 is 10.6 Å². The highest BCUT2D eigenvalue weighted by Gasteiger charge is 2.34. The fourth-order valence-electron chi connectivity index (χ4n) is 3.44. The van der Waals surface area contributed by atoms with Crippen molar-refractivity contribution in [1.29, 1.82) is 0 Å². The highest BCUT2D eigenvalue weighted by atomic mass is 19.4. The molecule has 2 heterocycles. The van der Waals surface area contributed by atoms with Gasteiger partial charge in [-0.05, 0) is 48.0 Å². The van der Waals surface area contributed by atoms with Gasteiger partial charge in [0.1, 0.15) is 11.7 Å². The molecule has 1 aliphatic heterocycles. The van der Waals surface area contributed by atoms with Crippen molar-refractivity contribution in [3.05, 3.63) is 83.4 Å².